The minimum Gasteiger partial charge on any atom is -0.335 e. The van der Waals surface area contributed by atoms with Gasteiger partial charge in [-0.3, -0.25) is 4.79 Å². The maximum atomic E-state index is 13.1. The van der Waals surface area contributed by atoms with Crippen molar-refractivity contribution in [3.63, 3.8) is 0 Å². The van der Waals surface area contributed by atoms with E-state index in [9.17, 15) is 4.79 Å². The minimum absolute atomic E-state index is 0.180. The summed E-state index contributed by atoms with van der Waals surface area (Å²) in [6.45, 7) is 5.06. The lowest BCUT2D eigenvalue weighted by Crippen LogP contribution is -2.43. The SMILES string of the molecule is CCC1CCCCN1C(=O)c1cc2c(C)nn(-c3ccc(Br)cc3)c2s1. The van der Waals surface area contributed by atoms with Gasteiger partial charge >= 0.3 is 0 Å². The number of aromatic nitrogens is 2. The molecule has 3 aromatic rings. The number of hydrogen-bond acceptors (Lipinski definition) is 3. The Bertz CT molecular complexity index is 944. The molecule has 136 valence electrons. The molecule has 2 aromatic heterocycles. The van der Waals surface area contributed by atoms with Crippen molar-refractivity contribution in [1.29, 1.82) is 0 Å². The number of likely N-dealkylation sites (tertiary alicyclic amines) is 1. The zero-order chi connectivity index (χ0) is 18.3. The molecular formula is C20H22BrN3OS. The lowest BCUT2D eigenvalue weighted by atomic mass is 10.00. The van der Waals surface area contributed by atoms with Gasteiger partial charge in [-0.25, -0.2) is 4.68 Å². The summed E-state index contributed by atoms with van der Waals surface area (Å²) in [6, 6.07) is 10.5. The number of thiophene rings is 1. The van der Waals surface area contributed by atoms with E-state index >= 15 is 0 Å². The van der Waals surface area contributed by atoms with Gasteiger partial charge in [-0.05, 0) is 62.9 Å². The van der Waals surface area contributed by atoms with Gasteiger partial charge in [-0.2, -0.15) is 5.10 Å². The van der Waals surface area contributed by atoms with Crippen LogP contribution >= 0.6 is 27.3 Å². The van der Waals surface area contributed by atoms with E-state index in [-0.39, 0.29) is 5.91 Å². The quantitative estimate of drug-likeness (QED) is 0.543. The first-order valence-electron chi connectivity index (χ1n) is 9.14. The number of nitrogens with zero attached hydrogens (tertiary/aromatic N) is 3. The first kappa shape index (κ1) is 17.7. The van der Waals surface area contributed by atoms with Crippen molar-refractivity contribution in [2.24, 2.45) is 0 Å². The molecule has 1 aromatic carbocycles. The van der Waals surface area contributed by atoms with Gasteiger partial charge in [0.15, 0.2) is 0 Å². The summed E-state index contributed by atoms with van der Waals surface area (Å²) in [6.07, 6.45) is 4.49. The third-order valence-electron chi connectivity index (χ3n) is 5.19. The molecule has 1 unspecified atom stereocenters. The van der Waals surface area contributed by atoms with Crippen LogP contribution in [0.15, 0.2) is 34.8 Å². The molecule has 1 saturated heterocycles. The maximum absolute atomic E-state index is 13.1. The average molecular weight is 432 g/mol. The number of carbonyl (C=O) groups excluding carboxylic acids is 1. The van der Waals surface area contributed by atoms with Crippen LogP contribution in [0, 0.1) is 6.92 Å². The van der Waals surface area contributed by atoms with Crippen molar-refractivity contribution < 1.29 is 4.79 Å². The fourth-order valence-electron chi connectivity index (χ4n) is 3.74. The van der Waals surface area contributed by atoms with Crippen molar-refractivity contribution >= 4 is 43.4 Å². The van der Waals surface area contributed by atoms with Crippen LogP contribution < -0.4 is 0 Å². The van der Waals surface area contributed by atoms with Gasteiger partial charge in [-0.15, -0.1) is 11.3 Å². The topological polar surface area (TPSA) is 38.1 Å². The number of amides is 1. The van der Waals surface area contributed by atoms with E-state index < -0.39 is 0 Å². The highest BCUT2D eigenvalue weighted by Crippen LogP contribution is 2.32. The summed E-state index contributed by atoms with van der Waals surface area (Å²) < 4.78 is 2.99. The van der Waals surface area contributed by atoms with Crippen LogP contribution in [0.5, 0.6) is 0 Å². The highest BCUT2D eigenvalue weighted by Gasteiger charge is 2.28. The summed E-state index contributed by atoms with van der Waals surface area (Å²) >= 11 is 5.03. The van der Waals surface area contributed by atoms with E-state index in [1.54, 1.807) is 11.3 Å². The second-order valence-corrected chi connectivity index (χ2v) is 8.81. The Morgan fingerprint density at radius 1 is 1.31 bits per heavy atom. The second-order valence-electron chi connectivity index (χ2n) is 6.86. The van der Waals surface area contributed by atoms with Gasteiger partial charge in [0.1, 0.15) is 4.83 Å². The normalized spacial score (nSPS) is 17.8. The van der Waals surface area contributed by atoms with E-state index in [0.29, 0.717) is 6.04 Å². The molecule has 4 nitrogen and oxygen atoms in total. The van der Waals surface area contributed by atoms with Crippen molar-refractivity contribution in [3.8, 4) is 5.69 Å². The molecule has 1 aliphatic heterocycles. The standard InChI is InChI=1S/C20H22BrN3OS/c1-3-15-6-4-5-11-23(15)19(25)18-12-17-13(2)22-24(20(17)26-18)16-9-7-14(21)8-10-16/h7-10,12,15H,3-6,11H2,1-2H3. The molecule has 3 heterocycles. The van der Waals surface area contributed by atoms with Crippen LogP contribution in [0.3, 0.4) is 0 Å². The fourth-order valence-corrected chi connectivity index (χ4v) is 5.15. The van der Waals surface area contributed by atoms with Crippen LogP contribution in [0.1, 0.15) is 48.0 Å². The average Bonchev–Trinajstić information content (AvgIpc) is 3.23. The Hall–Kier alpha value is -1.66. The minimum atomic E-state index is 0.180. The van der Waals surface area contributed by atoms with E-state index in [4.69, 9.17) is 0 Å². The second kappa shape index (κ2) is 7.16. The Labute approximate surface area is 165 Å². The van der Waals surface area contributed by atoms with Crippen molar-refractivity contribution in [3.05, 3.63) is 45.4 Å². The molecule has 1 aliphatic rings. The maximum Gasteiger partial charge on any atom is 0.264 e. The molecule has 26 heavy (non-hydrogen) atoms. The molecule has 6 heteroatoms. The van der Waals surface area contributed by atoms with E-state index in [1.165, 1.54) is 6.42 Å². The van der Waals surface area contributed by atoms with Crippen molar-refractivity contribution in [1.82, 2.24) is 14.7 Å². The van der Waals surface area contributed by atoms with E-state index in [2.05, 4.69) is 32.9 Å². The number of hydrogen-bond donors (Lipinski definition) is 0. The van der Waals surface area contributed by atoms with Crippen LogP contribution in [0.4, 0.5) is 0 Å². The number of aryl methyl sites for hydroxylation is 1. The molecule has 0 bridgehead atoms. The molecule has 0 spiro atoms. The van der Waals surface area contributed by atoms with Gasteiger partial charge in [0.05, 0.1) is 16.3 Å². The number of piperidine rings is 1. The summed E-state index contributed by atoms with van der Waals surface area (Å²) in [5.74, 6) is 0.180. The van der Waals surface area contributed by atoms with Gasteiger partial charge in [-0.1, -0.05) is 22.9 Å². The molecule has 0 N–H and O–H groups in total. The van der Waals surface area contributed by atoms with Crippen LogP contribution in [0.25, 0.3) is 15.9 Å². The smallest absolute Gasteiger partial charge is 0.264 e. The third-order valence-corrected chi connectivity index (χ3v) is 6.81. The highest BCUT2D eigenvalue weighted by atomic mass is 79.9. The first-order chi connectivity index (χ1) is 12.6. The summed E-state index contributed by atoms with van der Waals surface area (Å²) in [7, 11) is 0. The summed E-state index contributed by atoms with van der Waals surface area (Å²) in [4.78, 5) is 17.1. The Morgan fingerprint density at radius 3 is 2.81 bits per heavy atom. The van der Waals surface area contributed by atoms with Gasteiger partial charge < -0.3 is 4.90 Å². The number of fused-ring (bicyclic) bond motifs is 1. The summed E-state index contributed by atoms with van der Waals surface area (Å²) in [5.41, 5.74) is 1.97. The largest absolute Gasteiger partial charge is 0.335 e. The number of benzene rings is 1. The molecule has 0 radical (unpaired) electrons. The zero-order valence-corrected chi connectivity index (χ0v) is 17.4. The lowest BCUT2D eigenvalue weighted by molar-refractivity contribution is 0.0613. The molecule has 0 aliphatic carbocycles. The van der Waals surface area contributed by atoms with Gasteiger partial charge in [0.2, 0.25) is 0 Å². The Kier molecular flexibility index (Phi) is 4.88. The lowest BCUT2D eigenvalue weighted by Gasteiger charge is -2.35. The molecule has 1 amide bonds. The monoisotopic (exact) mass is 431 g/mol. The number of rotatable bonds is 3. The van der Waals surface area contributed by atoms with E-state index in [1.807, 2.05) is 41.9 Å². The first-order valence-corrected chi connectivity index (χ1v) is 10.8. The van der Waals surface area contributed by atoms with Crippen LogP contribution in [0.2, 0.25) is 0 Å². The zero-order valence-electron chi connectivity index (χ0n) is 15.0. The van der Waals surface area contributed by atoms with Crippen molar-refractivity contribution in [2.45, 2.75) is 45.6 Å². The van der Waals surface area contributed by atoms with Gasteiger partial charge in [0, 0.05) is 22.4 Å². The molecule has 1 fully saturated rings. The third kappa shape index (κ3) is 3.09. The van der Waals surface area contributed by atoms with Crippen LogP contribution in [-0.4, -0.2) is 33.2 Å². The van der Waals surface area contributed by atoms with E-state index in [0.717, 1.165) is 56.8 Å². The van der Waals surface area contributed by atoms with Gasteiger partial charge in [0.25, 0.3) is 5.91 Å². The number of carbonyl (C=O) groups is 1. The Balaban J connectivity index is 1.72. The Morgan fingerprint density at radius 2 is 2.08 bits per heavy atom. The molecular weight excluding hydrogens is 410 g/mol. The predicted octanol–water partition coefficient (Wildman–Crippen LogP) is 5.56. The highest BCUT2D eigenvalue weighted by molar-refractivity contribution is 9.10. The fraction of sp³-hybridized carbons (Fsp3) is 0.400. The molecule has 4 rings (SSSR count). The predicted molar refractivity (Wildman–Crippen MR) is 110 cm³/mol. The van der Waals surface area contributed by atoms with Crippen LogP contribution in [-0.2, 0) is 0 Å². The van der Waals surface area contributed by atoms with Crippen molar-refractivity contribution in [2.75, 3.05) is 6.54 Å². The molecule has 0 saturated carbocycles. The number of halogens is 1. The summed E-state index contributed by atoms with van der Waals surface area (Å²) in [5, 5.41) is 5.76. The molecule has 1 atom stereocenters.